The average Bonchev–Trinajstić information content (AvgIpc) is 3.07. The summed E-state index contributed by atoms with van der Waals surface area (Å²) < 4.78 is 31.2. The van der Waals surface area contributed by atoms with Crippen molar-refractivity contribution in [3.8, 4) is 0 Å². The summed E-state index contributed by atoms with van der Waals surface area (Å²) in [5.41, 5.74) is 2.29. The lowest BCUT2D eigenvalue weighted by atomic mass is 9.91. The molecule has 30 heavy (non-hydrogen) atoms. The van der Waals surface area contributed by atoms with Gasteiger partial charge < -0.3 is 10.1 Å². The van der Waals surface area contributed by atoms with Crippen LogP contribution in [0.5, 0.6) is 0 Å². The molecule has 0 atom stereocenters. The Morgan fingerprint density at radius 2 is 1.87 bits per heavy atom. The Hall–Kier alpha value is -1.80. The van der Waals surface area contributed by atoms with Gasteiger partial charge in [0.2, 0.25) is 10.0 Å². The molecule has 1 amide bonds. The number of hydrogen-bond acceptors (Lipinski definition) is 4. The highest BCUT2D eigenvalue weighted by atomic mass is 35.5. The van der Waals surface area contributed by atoms with Gasteiger partial charge >= 0.3 is 0 Å². The van der Waals surface area contributed by atoms with Gasteiger partial charge in [0.05, 0.1) is 22.0 Å². The van der Waals surface area contributed by atoms with E-state index in [0.29, 0.717) is 48.5 Å². The predicted molar refractivity (Wildman–Crippen MR) is 119 cm³/mol. The summed E-state index contributed by atoms with van der Waals surface area (Å²) in [6.07, 6.45) is 2.38. The van der Waals surface area contributed by atoms with E-state index in [1.165, 1.54) is 10.4 Å². The van der Waals surface area contributed by atoms with E-state index in [4.69, 9.17) is 27.9 Å². The second-order valence-electron chi connectivity index (χ2n) is 7.52. The highest BCUT2D eigenvalue weighted by molar-refractivity contribution is 7.93. The molecule has 2 fully saturated rings. The maximum Gasteiger partial charge on any atom is 0.257 e. The molecule has 0 saturated carbocycles. The fraction of sp³-hybridized carbons (Fsp3) is 0.381. The number of ether oxygens (including phenoxy) is 1. The second kappa shape index (κ2) is 8.75. The van der Waals surface area contributed by atoms with Crippen molar-refractivity contribution in [2.75, 3.05) is 35.1 Å². The number of carbonyl (C=O) groups is 1. The van der Waals surface area contributed by atoms with Crippen LogP contribution in [0.15, 0.2) is 36.4 Å². The summed E-state index contributed by atoms with van der Waals surface area (Å²) >= 11 is 12.5. The number of anilines is 2. The lowest BCUT2D eigenvalue weighted by molar-refractivity contribution is 0.0853. The summed E-state index contributed by atoms with van der Waals surface area (Å²) in [5, 5.41) is 3.64. The summed E-state index contributed by atoms with van der Waals surface area (Å²) in [4.78, 5) is 12.9. The number of hydrogen-bond donors (Lipinski definition) is 1. The lowest BCUT2D eigenvalue weighted by Gasteiger charge is -2.23. The quantitative estimate of drug-likeness (QED) is 0.706. The number of nitrogens with one attached hydrogen (secondary N) is 1. The van der Waals surface area contributed by atoms with Crippen LogP contribution in [0, 0.1) is 0 Å². The molecule has 0 unspecified atom stereocenters. The Balaban J connectivity index is 1.58. The van der Waals surface area contributed by atoms with Crippen molar-refractivity contribution in [3.05, 3.63) is 57.6 Å². The van der Waals surface area contributed by atoms with Gasteiger partial charge in [0.25, 0.3) is 5.91 Å². The Bertz CT molecular complexity index is 1070. The standard InChI is InChI=1S/C21H22Cl2N2O4S/c22-16-10-15(14-4-7-29-8-5-14)11-17(12-16)24-21(26)19-13-18(2-3-20(19)23)25-6-1-9-30(25,27)28/h2-3,10-14H,1,4-9H2,(H,24,26). The molecular weight excluding hydrogens is 447 g/mol. The largest absolute Gasteiger partial charge is 0.381 e. The second-order valence-corrected chi connectivity index (χ2v) is 10.4. The van der Waals surface area contributed by atoms with Crippen LogP contribution in [-0.2, 0) is 14.8 Å². The van der Waals surface area contributed by atoms with Gasteiger partial charge in [-0.1, -0.05) is 23.2 Å². The van der Waals surface area contributed by atoms with Gasteiger partial charge in [-0.05, 0) is 67.1 Å². The van der Waals surface area contributed by atoms with Crippen molar-refractivity contribution in [1.82, 2.24) is 0 Å². The Morgan fingerprint density at radius 1 is 1.10 bits per heavy atom. The predicted octanol–water partition coefficient (Wildman–Crippen LogP) is 4.68. The van der Waals surface area contributed by atoms with Crippen molar-refractivity contribution in [1.29, 1.82) is 0 Å². The molecule has 0 aliphatic carbocycles. The summed E-state index contributed by atoms with van der Waals surface area (Å²) in [6, 6.07) is 10.2. The molecule has 1 N–H and O–H groups in total. The third-order valence-corrected chi connectivity index (χ3v) is 7.87. The monoisotopic (exact) mass is 468 g/mol. The third-order valence-electron chi connectivity index (χ3n) is 5.45. The van der Waals surface area contributed by atoms with Crippen LogP contribution in [0.25, 0.3) is 0 Å². The topological polar surface area (TPSA) is 75.7 Å². The highest BCUT2D eigenvalue weighted by Gasteiger charge is 2.29. The minimum atomic E-state index is -3.35. The van der Waals surface area contributed by atoms with Crippen molar-refractivity contribution in [3.63, 3.8) is 0 Å². The van der Waals surface area contributed by atoms with Crippen LogP contribution in [-0.4, -0.2) is 39.8 Å². The molecule has 2 aromatic rings. The maximum atomic E-state index is 12.9. The van der Waals surface area contributed by atoms with Crippen LogP contribution in [0.3, 0.4) is 0 Å². The molecule has 2 saturated heterocycles. The first-order valence-electron chi connectivity index (χ1n) is 9.83. The number of halogens is 2. The van der Waals surface area contributed by atoms with E-state index >= 15 is 0 Å². The Kier molecular flexibility index (Phi) is 6.25. The average molecular weight is 469 g/mol. The molecule has 0 bridgehead atoms. The number of benzene rings is 2. The van der Waals surface area contributed by atoms with E-state index in [9.17, 15) is 13.2 Å². The number of sulfonamides is 1. The molecule has 2 aromatic carbocycles. The highest BCUT2D eigenvalue weighted by Crippen LogP contribution is 2.32. The zero-order valence-electron chi connectivity index (χ0n) is 16.2. The van der Waals surface area contributed by atoms with E-state index < -0.39 is 15.9 Å². The van der Waals surface area contributed by atoms with Crippen molar-refractivity contribution < 1.29 is 17.9 Å². The summed E-state index contributed by atoms with van der Waals surface area (Å²) in [6.45, 7) is 1.81. The van der Waals surface area contributed by atoms with E-state index in [0.717, 1.165) is 18.4 Å². The van der Waals surface area contributed by atoms with Crippen LogP contribution >= 0.6 is 23.2 Å². The third kappa shape index (κ3) is 4.59. The molecule has 0 radical (unpaired) electrons. The zero-order valence-corrected chi connectivity index (χ0v) is 18.6. The Labute approximate surface area is 186 Å². The SMILES string of the molecule is O=C(Nc1cc(Cl)cc(C2CCOCC2)c1)c1cc(N2CCCS2(=O)=O)ccc1Cl. The van der Waals surface area contributed by atoms with Gasteiger partial charge in [-0.2, -0.15) is 0 Å². The minimum Gasteiger partial charge on any atom is -0.381 e. The van der Waals surface area contributed by atoms with Crippen molar-refractivity contribution in [2.45, 2.75) is 25.2 Å². The maximum absolute atomic E-state index is 12.9. The molecule has 160 valence electrons. The first-order valence-corrected chi connectivity index (χ1v) is 12.2. The summed E-state index contributed by atoms with van der Waals surface area (Å²) in [5.74, 6) is 0.0216. The van der Waals surface area contributed by atoms with E-state index in [1.807, 2.05) is 12.1 Å². The number of nitrogens with zero attached hydrogens (tertiary/aromatic N) is 1. The molecule has 2 aliphatic heterocycles. The first kappa shape index (κ1) is 21.4. The molecule has 9 heteroatoms. The minimum absolute atomic E-state index is 0.106. The molecule has 0 spiro atoms. The van der Waals surface area contributed by atoms with E-state index in [-0.39, 0.29) is 16.3 Å². The van der Waals surface area contributed by atoms with Crippen LogP contribution in [0.2, 0.25) is 10.0 Å². The number of rotatable bonds is 4. The molecule has 2 aliphatic rings. The molecule has 4 rings (SSSR count). The van der Waals surface area contributed by atoms with Crippen molar-refractivity contribution >= 4 is 50.5 Å². The van der Waals surface area contributed by atoms with Gasteiger partial charge in [0.1, 0.15) is 0 Å². The van der Waals surface area contributed by atoms with Crippen molar-refractivity contribution in [2.24, 2.45) is 0 Å². The number of amides is 1. The zero-order chi connectivity index (χ0) is 21.3. The summed E-state index contributed by atoms with van der Waals surface area (Å²) in [7, 11) is -3.35. The smallest absolute Gasteiger partial charge is 0.257 e. The van der Waals surface area contributed by atoms with Gasteiger partial charge in [0, 0.05) is 30.5 Å². The molecule has 6 nitrogen and oxygen atoms in total. The Morgan fingerprint density at radius 3 is 2.57 bits per heavy atom. The first-order chi connectivity index (χ1) is 14.3. The van der Waals surface area contributed by atoms with Gasteiger partial charge in [-0.15, -0.1) is 0 Å². The molecule has 2 heterocycles. The van der Waals surface area contributed by atoms with Gasteiger partial charge in [-0.25, -0.2) is 8.42 Å². The molecular formula is C21H22Cl2N2O4S. The molecule has 0 aromatic heterocycles. The van der Waals surface area contributed by atoms with E-state index in [2.05, 4.69) is 5.32 Å². The van der Waals surface area contributed by atoms with Crippen LogP contribution in [0.4, 0.5) is 11.4 Å². The van der Waals surface area contributed by atoms with Crippen LogP contribution < -0.4 is 9.62 Å². The van der Waals surface area contributed by atoms with Gasteiger partial charge in [0.15, 0.2) is 0 Å². The normalized spacial score (nSPS) is 19.1. The van der Waals surface area contributed by atoms with E-state index in [1.54, 1.807) is 18.2 Å². The van der Waals surface area contributed by atoms with Crippen LogP contribution in [0.1, 0.15) is 41.1 Å². The fourth-order valence-corrected chi connectivity index (χ4v) is 5.92. The van der Waals surface area contributed by atoms with Gasteiger partial charge in [-0.3, -0.25) is 9.10 Å². The number of carbonyl (C=O) groups excluding carboxylic acids is 1. The lowest BCUT2D eigenvalue weighted by Crippen LogP contribution is -2.25. The fourth-order valence-electron chi connectivity index (χ4n) is 3.92.